The fraction of sp³-hybridized carbons (Fsp3) is 0.400. The third-order valence-corrected chi connectivity index (χ3v) is 3.73. The summed E-state index contributed by atoms with van der Waals surface area (Å²) in [7, 11) is 0. The molecule has 20 heavy (non-hydrogen) atoms. The third kappa shape index (κ3) is 2.31. The van der Waals surface area contributed by atoms with Crippen molar-refractivity contribution >= 4 is 11.6 Å². The highest BCUT2D eigenvalue weighted by atomic mass is 16.5. The summed E-state index contributed by atoms with van der Waals surface area (Å²) in [5, 5.41) is 0. The molecule has 0 spiro atoms. The summed E-state index contributed by atoms with van der Waals surface area (Å²) in [5.74, 6) is -0.138. The molecule has 3 rings (SSSR count). The molecule has 0 atom stereocenters. The Morgan fingerprint density at radius 2 is 2.25 bits per heavy atom. The molecule has 0 N–H and O–H groups in total. The van der Waals surface area contributed by atoms with Crippen molar-refractivity contribution in [1.82, 2.24) is 9.38 Å². The van der Waals surface area contributed by atoms with Crippen molar-refractivity contribution in [1.29, 1.82) is 0 Å². The number of esters is 1. The molecule has 0 saturated heterocycles. The fourth-order valence-electron chi connectivity index (χ4n) is 2.34. The number of hydrogen-bond donors (Lipinski definition) is 0. The van der Waals surface area contributed by atoms with Crippen LogP contribution in [-0.2, 0) is 16.1 Å². The second-order valence-electron chi connectivity index (χ2n) is 5.18. The third-order valence-electron chi connectivity index (χ3n) is 3.73. The minimum Gasteiger partial charge on any atom is -0.459 e. The van der Waals surface area contributed by atoms with Crippen LogP contribution < -0.4 is 5.56 Å². The van der Waals surface area contributed by atoms with Crippen LogP contribution in [0.1, 0.15) is 30.7 Å². The highest BCUT2D eigenvalue weighted by Gasteiger charge is 2.26. The van der Waals surface area contributed by atoms with E-state index in [2.05, 4.69) is 4.98 Å². The molecule has 5 heteroatoms. The van der Waals surface area contributed by atoms with Gasteiger partial charge in [-0.05, 0) is 31.9 Å². The molecular weight excluding hydrogens is 256 g/mol. The van der Waals surface area contributed by atoms with Crippen LogP contribution in [0.25, 0.3) is 5.65 Å². The van der Waals surface area contributed by atoms with E-state index in [1.54, 1.807) is 6.07 Å². The smallest absolute Gasteiger partial charge is 0.309 e. The molecule has 2 heterocycles. The standard InChI is InChI=1S/C15H16N2O3/c1-10-4-2-7-13-16-12(8-14(18)17(10)13)9-20-15(19)11-5-3-6-11/h2,4,7-8,11H,3,5-6,9H2,1H3. The van der Waals surface area contributed by atoms with Crippen LogP contribution >= 0.6 is 0 Å². The van der Waals surface area contributed by atoms with E-state index in [-0.39, 0.29) is 24.1 Å². The molecule has 0 bridgehead atoms. The lowest BCUT2D eigenvalue weighted by atomic mass is 9.86. The number of ether oxygens (including phenoxy) is 1. The first-order chi connectivity index (χ1) is 9.65. The van der Waals surface area contributed by atoms with Crippen LogP contribution in [0.2, 0.25) is 0 Å². The van der Waals surface area contributed by atoms with Gasteiger partial charge in [0.2, 0.25) is 0 Å². The second-order valence-corrected chi connectivity index (χ2v) is 5.18. The summed E-state index contributed by atoms with van der Waals surface area (Å²) < 4.78 is 6.76. The lowest BCUT2D eigenvalue weighted by molar-refractivity contribution is -0.152. The van der Waals surface area contributed by atoms with Gasteiger partial charge < -0.3 is 4.74 Å². The first kappa shape index (κ1) is 12.8. The van der Waals surface area contributed by atoms with E-state index in [1.807, 2.05) is 19.1 Å². The van der Waals surface area contributed by atoms with Gasteiger partial charge in [-0.3, -0.25) is 14.0 Å². The molecule has 0 unspecified atom stereocenters. The molecule has 2 aromatic heterocycles. The average Bonchev–Trinajstić information content (AvgIpc) is 2.34. The van der Waals surface area contributed by atoms with E-state index in [9.17, 15) is 9.59 Å². The maximum absolute atomic E-state index is 12.0. The lowest BCUT2D eigenvalue weighted by Crippen LogP contribution is -2.24. The lowest BCUT2D eigenvalue weighted by Gasteiger charge is -2.22. The highest BCUT2D eigenvalue weighted by molar-refractivity contribution is 5.73. The molecule has 1 aliphatic carbocycles. The quantitative estimate of drug-likeness (QED) is 0.800. The predicted octanol–water partition coefficient (Wildman–Crippen LogP) is 1.85. The van der Waals surface area contributed by atoms with Crippen LogP contribution in [0.5, 0.6) is 0 Å². The topological polar surface area (TPSA) is 60.7 Å². The number of pyridine rings is 1. The molecule has 0 aliphatic heterocycles. The van der Waals surface area contributed by atoms with Gasteiger partial charge in [0, 0.05) is 11.8 Å². The summed E-state index contributed by atoms with van der Waals surface area (Å²) in [4.78, 5) is 28.1. The summed E-state index contributed by atoms with van der Waals surface area (Å²) >= 11 is 0. The van der Waals surface area contributed by atoms with Crippen molar-refractivity contribution in [2.75, 3.05) is 0 Å². The van der Waals surface area contributed by atoms with Gasteiger partial charge in [-0.2, -0.15) is 0 Å². The average molecular weight is 272 g/mol. The van der Waals surface area contributed by atoms with Crippen molar-refractivity contribution in [3.63, 3.8) is 0 Å². The Morgan fingerprint density at radius 3 is 2.95 bits per heavy atom. The van der Waals surface area contributed by atoms with Gasteiger partial charge in [-0.15, -0.1) is 0 Å². The van der Waals surface area contributed by atoms with Crippen LogP contribution in [0.4, 0.5) is 0 Å². The summed E-state index contributed by atoms with van der Waals surface area (Å²) in [6.07, 6.45) is 2.91. The van der Waals surface area contributed by atoms with Crippen molar-refractivity contribution < 1.29 is 9.53 Å². The van der Waals surface area contributed by atoms with Crippen LogP contribution in [0.15, 0.2) is 29.1 Å². The van der Waals surface area contributed by atoms with Gasteiger partial charge in [0.15, 0.2) is 0 Å². The zero-order valence-corrected chi connectivity index (χ0v) is 11.3. The molecular formula is C15H16N2O3. The number of rotatable bonds is 3. The Hall–Kier alpha value is -2.17. The van der Waals surface area contributed by atoms with Gasteiger partial charge in [0.1, 0.15) is 12.3 Å². The number of hydrogen-bond acceptors (Lipinski definition) is 4. The van der Waals surface area contributed by atoms with Crippen molar-refractivity contribution in [2.45, 2.75) is 32.8 Å². The predicted molar refractivity (Wildman–Crippen MR) is 73.3 cm³/mol. The first-order valence-electron chi connectivity index (χ1n) is 6.80. The van der Waals surface area contributed by atoms with E-state index < -0.39 is 0 Å². The Morgan fingerprint density at radius 1 is 1.45 bits per heavy atom. The van der Waals surface area contributed by atoms with Gasteiger partial charge in [0.05, 0.1) is 11.6 Å². The van der Waals surface area contributed by atoms with Crippen LogP contribution in [0, 0.1) is 12.8 Å². The first-order valence-corrected chi connectivity index (χ1v) is 6.80. The zero-order valence-electron chi connectivity index (χ0n) is 11.3. The second kappa shape index (κ2) is 5.07. The van der Waals surface area contributed by atoms with E-state index in [0.29, 0.717) is 11.3 Å². The Balaban J connectivity index is 1.82. The van der Waals surface area contributed by atoms with Gasteiger partial charge in [0.25, 0.3) is 5.56 Å². The molecule has 1 fully saturated rings. The molecule has 104 valence electrons. The van der Waals surface area contributed by atoms with Gasteiger partial charge >= 0.3 is 5.97 Å². The summed E-state index contributed by atoms with van der Waals surface area (Å²) in [5.41, 5.74) is 1.75. The number of fused-ring (bicyclic) bond motifs is 1. The van der Waals surface area contributed by atoms with Crippen LogP contribution in [0.3, 0.4) is 0 Å². The largest absolute Gasteiger partial charge is 0.459 e. The molecule has 1 aliphatic rings. The molecule has 5 nitrogen and oxygen atoms in total. The van der Waals surface area contributed by atoms with Crippen molar-refractivity contribution in [3.05, 3.63) is 46.0 Å². The SMILES string of the molecule is Cc1cccc2nc(COC(=O)C3CCC3)cc(=O)n12. The summed E-state index contributed by atoms with van der Waals surface area (Å²) in [6.45, 7) is 1.92. The highest BCUT2D eigenvalue weighted by Crippen LogP contribution is 2.27. The number of nitrogens with zero attached hydrogens (tertiary/aromatic N) is 2. The Kier molecular flexibility index (Phi) is 3.26. The molecule has 0 radical (unpaired) electrons. The maximum atomic E-state index is 12.0. The Bertz CT molecular complexity index is 717. The van der Waals surface area contributed by atoms with Crippen molar-refractivity contribution in [2.24, 2.45) is 5.92 Å². The molecule has 0 aromatic carbocycles. The fourth-order valence-corrected chi connectivity index (χ4v) is 2.34. The van der Waals surface area contributed by atoms with Gasteiger partial charge in [-0.1, -0.05) is 12.5 Å². The normalized spacial score (nSPS) is 15.1. The van der Waals surface area contributed by atoms with E-state index in [1.165, 1.54) is 10.5 Å². The van der Waals surface area contributed by atoms with Crippen molar-refractivity contribution in [3.8, 4) is 0 Å². The number of carbonyl (C=O) groups is 1. The molecule has 1 saturated carbocycles. The van der Waals surface area contributed by atoms with E-state index in [4.69, 9.17) is 4.74 Å². The van der Waals surface area contributed by atoms with E-state index in [0.717, 1.165) is 25.0 Å². The number of aryl methyl sites for hydroxylation is 1. The minimum absolute atomic E-state index is 0.0406. The van der Waals surface area contributed by atoms with Gasteiger partial charge in [-0.25, -0.2) is 4.98 Å². The zero-order chi connectivity index (χ0) is 14.1. The van der Waals surface area contributed by atoms with E-state index >= 15 is 0 Å². The maximum Gasteiger partial charge on any atom is 0.309 e. The monoisotopic (exact) mass is 272 g/mol. The molecule has 2 aromatic rings. The summed E-state index contributed by atoms with van der Waals surface area (Å²) in [6, 6.07) is 6.90. The van der Waals surface area contributed by atoms with Crippen LogP contribution in [-0.4, -0.2) is 15.4 Å². The Labute approximate surface area is 116 Å². The minimum atomic E-state index is -0.178. The number of aromatic nitrogens is 2. The molecule has 0 amide bonds. The number of carbonyl (C=O) groups excluding carboxylic acids is 1.